The lowest BCUT2D eigenvalue weighted by molar-refractivity contribution is -0.106. The maximum Gasteiger partial charge on any atom is 0.118 e. The highest BCUT2D eigenvalue weighted by atomic mass is 32.2. The van der Waals surface area contributed by atoms with Crippen molar-refractivity contribution in [2.75, 3.05) is 7.11 Å². The second-order valence-electron chi connectivity index (χ2n) is 6.69. The number of aldehydes is 1. The first-order chi connectivity index (χ1) is 13.5. The highest BCUT2D eigenvalue weighted by Crippen LogP contribution is 2.39. The van der Waals surface area contributed by atoms with Crippen molar-refractivity contribution in [1.29, 1.82) is 0 Å². The summed E-state index contributed by atoms with van der Waals surface area (Å²) in [6, 6.07) is 17.1. The summed E-state index contributed by atoms with van der Waals surface area (Å²) in [4.78, 5) is 13.8. The molecule has 1 heterocycles. The first kappa shape index (κ1) is 22.0. The van der Waals surface area contributed by atoms with E-state index in [1.54, 1.807) is 7.11 Å². The lowest BCUT2D eigenvalue weighted by Crippen LogP contribution is -1.96. The molecule has 0 saturated carbocycles. The molecule has 3 rings (SSSR count). The lowest BCUT2D eigenvalue weighted by Gasteiger charge is -2.09. The molecule has 0 N–H and O–H groups in total. The molecule has 0 aromatic heterocycles. The molecule has 2 aromatic rings. The third-order valence-corrected chi connectivity index (χ3v) is 5.28. The molecule has 0 amide bonds. The van der Waals surface area contributed by atoms with Crippen LogP contribution in [0.2, 0.25) is 0 Å². The first-order valence-electron chi connectivity index (χ1n) is 9.63. The molecule has 0 aliphatic carbocycles. The molecule has 2 aromatic carbocycles. The zero-order valence-electron chi connectivity index (χ0n) is 17.4. The van der Waals surface area contributed by atoms with Crippen molar-refractivity contribution in [2.24, 2.45) is 4.99 Å². The topological polar surface area (TPSA) is 38.7 Å². The Morgan fingerprint density at radius 1 is 1.07 bits per heavy atom. The molecular weight excluding hydrogens is 366 g/mol. The highest BCUT2D eigenvalue weighted by Gasteiger charge is 2.21. The van der Waals surface area contributed by atoms with Crippen LogP contribution < -0.4 is 4.74 Å². The van der Waals surface area contributed by atoms with Crippen LogP contribution >= 0.6 is 11.8 Å². The second-order valence-corrected chi connectivity index (χ2v) is 8.34. The summed E-state index contributed by atoms with van der Waals surface area (Å²) in [6.07, 6.45) is 2.73. The number of hydrogen-bond donors (Lipinski definition) is 0. The Kier molecular flexibility index (Phi) is 8.52. The molecule has 3 nitrogen and oxygen atoms in total. The van der Waals surface area contributed by atoms with Crippen LogP contribution in [0.4, 0.5) is 0 Å². The number of ether oxygens (including phenoxy) is 1. The minimum absolute atomic E-state index is 0.540. The first-order valence-corrected chi connectivity index (χ1v) is 10.5. The van der Waals surface area contributed by atoms with Gasteiger partial charge in [0, 0.05) is 17.2 Å². The molecule has 148 valence electrons. The average Bonchev–Trinajstić information content (AvgIpc) is 3.11. The monoisotopic (exact) mass is 395 g/mol. The van der Waals surface area contributed by atoms with Crippen LogP contribution in [0.5, 0.6) is 5.75 Å². The van der Waals surface area contributed by atoms with Crippen LogP contribution in [0.15, 0.2) is 53.5 Å². The largest absolute Gasteiger partial charge is 0.497 e. The summed E-state index contributed by atoms with van der Waals surface area (Å²) >= 11 is 1.86. The number of benzene rings is 2. The van der Waals surface area contributed by atoms with Crippen LogP contribution in [0.3, 0.4) is 0 Å². The number of rotatable bonds is 5. The van der Waals surface area contributed by atoms with Crippen molar-refractivity contribution < 1.29 is 9.53 Å². The van der Waals surface area contributed by atoms with Gasteiger partial charge in [0.05, 0.1) is 17.9 Å². The zero-order valence-corrected chi connectivity index (χ0v) is 18.2. The van der Waals surface area contributed by atoms with Gasteiger partial charge in [-0.1, -0.05) is 45.0 Å². The van der Waals surface area contributed by atoms with Gasteiger partial charge in [0.2, 0.25) is 0 Å². The Morgan fingerprint density at radius 2 is 1.64 bits per heavy atom. The van der Waals surface area contributed by atoms with Crippen LogP contribution in [0.1, 0.15) is 50.8 Å². The van der Waals surface area contributed by atoms with Crippen molar-refractivity contribution in [2.45, 2.75) is 45.8 Å². The number of carbonyl (C=O) groups is 1. The Morgan fingerprint density at radius 3 is 2.14 bits per heavy atom. The Bertz CT molecular complexity index is 834. The predicted octanol–water partition coefficient (Wildman–Crippen LogP) is 6.27. The molecule has 0 spiro atoms. The number of carbonyl (C=O) groups excluding carboxylic acids is 1. The van der Waals surface area contributed by atoms with Gasteiger partial charge in [-0.3, -0.25) is 0 Å². The van der Waals surface area contributed by atoms with E-state index in [0.29, 0.717) is 5.25 Å². The lowest BCUT2D eigenvalue weighted by atomic mass is 9.98. The Balaban J connectivity index is 0.000000878. The van der Waals surface area contributed by atoms with E-state index < -0.39 is 0 Å². The van der Waals surface area contributed by atoms with Crippen molar-refractivity contribution in [3.8, 4) is 5.75 Å². The summed E-state index contributed by atoms with van der Waals surface area (Å²) in [5, 5.41) is 1.74. The molecule has 1 aliphatic rings. The number of aryl methyl sites for hydroxylation is 1. The smallest absolute Gasteiger partial charge is 0.118 e. The fraction of sp³-hybridized carbons (Fsp3) is 0.333. The van der Waals surface area contributed by atoms with Gasteiger partial charge >= 0.3 is 0 Å². The Hall–Kier alpha value is -2.33. The summed E-state index contributed by atoms with van der Waals surface area (Å²) in [5.74, 6) is 0.872. The third kappa shape index (κ3) is 5.83. The minimum Gasteiger partial charge on any atom is -0.497 e. The maximum absolute atomic E-state index is 8.81. The predicted molar refractivity (Wildman–Crippen MR) is 122 cm³/mol. The van der Waals surface area contributed by atoms with Crippen molar-refractivity contribution in [1.82, 2.24) is 0 Å². The van der Waals surface area contributed by atoms with E-state index in [1.807, 2.05) is 23.9 Å². The number of allylic oxidation sites excluding steroid dienone is 1. The summed E-state index contributed by atoms with van der Waals surface area (Å²) in [6.45, 7) is 8.07. The van der Waals surface area contributed by atoms with Crippen LogP contribution in [0.25, 0.3) is 11.3 Å². The quantitative estimate of drug-likeness (QED) is 0.560. The molecule has 0 atom stereocenters. The number of methoxy groups -OCH3 is 1. The highest BCUT2D eigenvalue weighted by molar-refractivity contribution is 8.14. The molecule has 0 bridgehead atoms. The van der Waals surface area contributed by atoms with Gasteiger partial charge in [-0.2, -0.15) is 0 Å². The standard InChI is InChI=1S/C22H25NOS.C2H4O/c1-5-16-6-8-17(9-7-16)20-14-21(25-15(2)3)23-22(20)18-10-12-19(24-4)13-11-18;1-2-3/h6-13,15H,5,14H2,1-4H3;2H,1H3. The molecule has 0 unspecified atom stereocenters. The van der Waals surface area contributed by atoms with E-state index in [1.165, 1.54) is 28.7 Å². The molecule has 4 heteroatoms. The number of thioether (sulfide) groups is 1. The molecule has 0 fully saturated rings. The van der Waals surface area contributed by atoms with Gasteiger partial charge in [-0.25, -0.2) is 4.99 Å². The minimum atomic E-state index is 0.540. The van der Waals surface area contributed by atoms with Gasteiger partial charge in [0.1, 0.15) is 12.0 Å². The summed E-state index contributed by atoms with van der Waals surface area (Å²) < 4.78 is 5.29. The van der Waals surface area contributed by atoms with E-state index in [9.17, 15) is 0 Å². The van der Waals surface area contributed by atoms with Crippen molar-refractivity contribution >= 4 is 34.4 Å². The van der Waals surface area contributed by atoms with Gasteiger partial charge in [0.25, 0.3) is 0 Å². The number of hydrogen-bond acceptors (Lipinski definition) is 4. The van der Waals surface area contributed by atoms with Gasteiger partial charge < -0.3 is 9.53 Å². The van der Waals surface area contributed by atoms with Crippen LogP contribution in [-0.2, 0) is 11.2 Å². The van der Waals surface area contributed by atoms with Crippen LogP contribution in [0, 0.1) is 0 Å². The van der Waals surface area contributed by atoms with Crippen molar-refractivity contribution in [3.05, 3.63) is 65.2 Å². The van der Waals surface area contributed by atoms with Crippen molar-refractivity contribution in [3.63, 3.8) is 0 Å². The molecular formula is C24H29NO2S. The van der Waals surface area contributed by atoms with Gasteiger partial charge in [0.15, 0.2) is 0 Å². The van der Waals surface area contributed by atoms with E-state index in [-0.39, 0.29) is 0 Å². The molecule has 0 radical (unpaired) electrons. The van der Waals surface area contributed by atoms with E-state index in [2.05, 4.69) is 57.2 Å². The normalized spacial score (nSPS) is 13.1. The molecule has 1 aliphatic heterocycles. The zero-order chi connectivity index (χ0) is 20.5. The van der Waals surface area contributed by atoms with E-state index in [0.717, 1.165) is 36.1 Å². The van der Waals surface area contributed by atoms with Gasteiger partial charge in [-0.05, 0) is 54.3 Å². The average molecular weight is 396 g/mol. The Labute approximate surface area is 172 Å². The number of nitrogens with zero attached hydrogens (tertiary/aromatic N) is 1. The molecule has 0 saturated heterocycles. The maximum atomic E-state index is 8.81. The summed E-state index contributed by atoms with van der Waals surface area (Å²) in [7, 11) is 1.69. The van der Waals surface area contributed by atoms with Crippen LogP contribution in [-0.4, -0.2) is 23.7 Å². The van der Waals surface area contributed by atoms with Gasteiger partial charge in [-0.15, -0.1) is 11.8 Å². The van der Waals surface area contributed by atoms with E-state index in [4.69, 9.17) is 14.5 Å². The van der Waals surface area contributed by atoms with E-state index >= 15 is 0 Å². The molecule has 28 heavy (non-hydrogen) atoms. The summed E-state index contributed by atoms with van der Waals surface area (Å²) in [5.41, 5.74) is 6.19. The third-order valence-electron chi connectivity index (χ3n) is 4.30. The fourth-order valence-electron chi connectivity index (χ4n) is 2.97. The second kappa shape index (κ2) is 10.9. The fourth-order valence-corrected chi connectivity index (χ4v) is 3.89. The number of aliphatic imine (C=N–C) groups is 1. The SMILES string of the molecule is CC=O.CCc1ccc(C2=C(c3ccc(OC)cc3)N=C(SC(C)C)C2)cc1.